The maximum atomic E-state index is 13.5. The summed E-state index contributed by atoms with van der Waals surface area (Å²) in [5.74, 6) is -3.38. The van der Waals surface area contributed by atoms with Crippen LogP contribution in [0.25, 0.3) is 0 Å². The van der Waals surface area contributed by atoms with Crippen LogP contribution in [0.1, 0.15) is 39.5 Å². The van der Waals surface area contributed by atoms with Crippen LogP contribution < -0.4 is 0 Å². The smallest absolute Gasteiger partial charge is 0.211 e. The molecule has 142 valence electrons. The van der Waals surface area contributed by atoms with E-state index in [-0.39, 0.29) is 23.0 Å². The van der Waals surface area contributed by atoms with Crippen molar-refractivity contribution in [3.8, 4) is 0 Å². The second-order valence-electron chi connectivity index (χ2n) is 10.2. The van der Waals surface area contributed by atoms with E-state index in [1.165, 1.54) is 0 Å². The van der Waals surface area contributed by atoms with Crippen molar-refractivity contribution >= 4 is 5.78 Å². The third kappa shape index (κ3) is 1.21. The van der Waals surface area contributed by atoms with Crippen LogP contribution in [-0.4, -0.2) is 51.5 Å². The van der Waals surface area contributed by atoms with Gasteiger partial charge in [-0.15, -0.1) is 0 Å². The highest BCUT2D eigenvalue weighted by atomic mass is 16.8. The number of carbonyl (C=O) groups excluding carboxylic acids is 1. The molecule has 0 aromatic rings. The lowest BCUT2D eigenvalue weighted by atomic mass is 9.34. The predicted molar refractivity (Wildman–Crippen MR) is 88.4 cm³/mol. The van der Waals surface area contributed by atoms with Gasteiger partial charge in [0.25, 0.3) is 0 Å². The van der Waals surface area contributed by atoms with Crippen molar-refractivity contribution in [2.45, 2.75) is 69.9 Å². The Morgan fingerprint density at radius 2 is 1.92 bits per heavy atom. The molecular weight excluding hydrogens is 336 g/mol. The average Bonchev–Trinajstić information content (AvgIpc) is 2.70. The minimum Gasteiger partial charge on any atom is -0.393 e. The second kappa shape index (κ2) is 4.13. The SMILES string of the molecule is C=C1C(=O)C23[C@H]4[C@@H](O)C[C@H]1[C@@H]2O[C@H]1O[C@]3(O)[C@@H](O)[C@@H]2C(C)(C)CCC[C@]124. The number of aliphatic hydroxyl groups is 3. The number of rotatable bonds is 0. The molecule has 8 aliphatic rings. The molecule has 6 nitrogen and oxygen atoms in total. The van der Waals surface area contributed by atoms with Crippen LogP contribution in [0.4, 0.5) is 0 Å². The van der Waals surface area contributed by atoms with Gasteiger partial charge in [-0.3, -0.25) is 4.79 Å². The molecule has 4 saturated heterocycles. The first kappa shape index (κ1) is 16.2. The standard InChI is InChI=1S/C20H26O6/c1-8-9-7-10(21)11-18-6-4-5-17(2,3)12(18)14(23)20(24)19(11,13(8)22)15(9)25-16(18)26-20/h9-12,14-16,21,23-24H,1,4-7H2,2-3H3/t9-,10+,11+,12-,14+,15+,16+,18-,19?,20-/m1/s1. The quantitative estimate of drug-likeness (QED) is 0.550. The van der Waals surface area contributed by atoms with E-state index in [0.717, 1.165) is 19.3 Å². The number of aliphatic hydroxyl groups excluding tert-OH is 2. The lowest BCUT2D eigenvalue weighted by molar-refractivity contribution is -0.554. The Morgan fingerprint density at radius 1 is 1.19 bits per heavy atom. The summed E-state index contributed by atoms with van der Waals surface area (Å²) in [6, 6.07) is 0. The van der Waals surface area contributed by atoms with Crippen molar-refractivity contribution in [1.82, 2.24) is 0 Å². The van der Waals surface area contributed by atoms with Crippen LogP contribution in [0.15, 0.2) is 12.2 Å². The van der Waals surface area contributed by atoms with Crippen LogP contribution in [-0.2, 0) is 14.3 Å². The maximum absolute atomic E-state index is 13.5. The fourth-order valence-corrected chi connectivity index (χ4v) is 8.49. The number of carbonyl (C=O) groups is 1. The fourth-order valence-electron chi connectivity index (χ4n) is 8.49. The van der Waals surface area contributed by atoms with Gasteiger partial charge < -0.3 is 24.8 Å². The summed E-state index contributed by atoms with van der Waals surface area (Å²) in [5, 5.41) is 34.3. The first-order valence-corrected chi connectivity index (χ1v) is 9.79. The van der Waals surface area contributed by atoms with Crippen molar-refractivity contribution in [3.63, 3.8) is 0 Å². The van der Waals surface area contributed by atoms with E-state index < -0.39 is 47.1 Å². The van der Waals surface area contributed by atoms with Gasteiger partial charge in [0.1, 0.15) is 11.5 Å². The van der Waals surface area contributed by atoms with Crippen molar-refractivity contribution in [1.29, 1.82) is 0 Å². The summed E-state index contributed by atoms with van der Waals surface area (Å²) >= 11 is 0. The second-order valence-corrected chi connectivity index (χ2v) is 10.2. The van der Waals surface area contributed by atoms with Crippen LogP contribution >= 0.6 is 0 Å². The van der Waals surface area contributed by atoms with Gasteiger partial charge in [-0.05, 0) is 30.3 Å². The summed E-state index contributed by atoms with van der Waals surface area (Å²) in [6.07, 6.45) is -0.195. The summed E-state index contributed by atoms with van der Waals surface area (Å²) in [5.41, 5.74) is -1.95. The molecule has 8 rings (SSSR count). The Bertz CT molecular complexity index is 761. The summed E-state index contributed by atoms with van der Waals surface area (Å²) in [7, 11) is 0. The molecule has 6 heteroatoms. The molecule has 4 heterocycles. The van der Waals surface area contributed by atoms with Crippen LogP contribution in [0.5, 0.6) is 0 Å². The van der Waals surface area contributed by atoms with Gasteiger partial charge in [-0.1, -0.05) is 26.8 Å². The number of hydrogen-bond acceptors (Lipinski definition) is 6. The number of ether oxygens (including phenoxy) is 2. The largest absolute Gasteiger partial charge is 0.393 e. The average molecular weight is 362 g/mol. The van der Waals surface area contributed by atoms with E-state index in [4.69, 9.17) is 9.47 Å². The molecule has 1 unspecified atom stereocenters. The van der Waals surface area contributed by atoms with E-state index in [9.17, 15) is 20.1 Å². The van der Waals surface area contributed by atoms with E-state index in [2.05, 4.69) is 20.4 Å². The van der Waals surface area contributed by atoms with Gasteiger partial charge in [-0.25, -0.2) is 0 Å². The van der Waals surface area contributed by atoms with Crippen LogP contribution in [0.3, 0.4) is 0 Å². The van der Waals surface area contributed by atoms with E-state index >= 15 is 0 Å². The lowest BCUT2D eigenvalue weighted by Crippen LogP contribution is -2.91. The zero-order valence-corrected chi connectivity index (χ0v) is 15.1. The molecule has 2 spiro atoms. The molecule has 0 aromatic carbocycles. The third-order valence-electron chi connectivity index (χ3n) is 9.04. The van der Waals surface area contributed by atoms with Crippen molar-refractivity contribution in [2.75, 3.05) is 0 Å². The van der Waals surface area contributed by atoms with E-state index in [1.807, 2.05) is 0 Å². The van der Waals surface area contributed by atoms with E-state index in [0.29, 0.717) is 12.0 Å². The molecule has 7 bridgehead atoms. The number of hydrogen-bond donors (Lipinski definition) is 3. The first-order chi connectivity index (χ1) is 12.1. The summed E-state index contributed by atoms with van der Waals surface area (Å²) in [6.45, 7) is 8.16. The predicted octanol–water partition coefficient (Wildman–Crippen LogP) is 0.740. The van der Waals surface area contributed by atoms with Crippen molar-refractivity contribution in [2.24, 2.45) is 34.0 Å². The van der Waals surface area contributed by atoms with Crippen molar-refractivity contribution < 1.29 is 29.6 Å². The molecule has 0 amide bonds. The zero-order valence-electron chi connectivity index (χ0n) is 15.1. The molecule has 8 fully saturated rings. The molecule has 26 heavy (non-hydrogen) atoms. The molecule has 4 aliphatic heterocycles. The van der Waals surface area contributed by atoms with Gasteiger partial charge >= 0.3 is 0 Å². The summed E-state index contributed by atoms with van der Waals surface area (Å²) < 4.78 is 12.3. The minimum absolute atomic E-state index is 0.249. The Balaban J connectivity index is 1.70. The highest BCUT2D eigenvalue weighted by Gasteiger charge is 2.92. The monoisotopic (exact) mass is 362 g/mol. The Kier molecular flexibility index (Phi) is 2.57. The third-order valence-corrected chi connectivity index (χ3v) is 9.04. The lowest BCUT2D eigenvalue weighted by Gasteiger charge is -2.79. The van der Waals surface area contributed by atoms with Crippen LogP contribution in [0, 0.1) is 34.0 Å². The first-order valence-electron chi connectivity index (χ1n) is 9.79. The van der Waals surface area contributed by atoms with Gasteiger partial charge in [0.15, 0.2) is 12.1 Å². The van der Waals surface area contributed by atoms with E-state index in [1.54, 1.807) is 0 Å². The van der Waals surface area contributed by atoms with Crippen LogP contribution in [0.2, 0.25) is 0 Å². The molecule has 10 atom stereocenters. The van der Waals surface area contributed by atoms with Crippen molar-refractivity contribution in [3.05, 3.63) is 12.2 Å². The van der Waals surface area contributed by atoms with Gasteiger partial charge in [0, 0.05) is 23.2 Å². The Morgan fingerprint density at radius 3 is 2.65 bits per heavy atom. The number of Topliss-reactive ketones (excluding diaryl/α,β-unsaturated/α-hetero) is 1. The zero-order chi connectivity index (χ0) is 18.4. The highest BCUT2D eigenvalue weighted by molar-refractivity contribution is 6.05. The van der Waals surface area contributed by atoms with Gasteiger partial charge in [0.2, 0.25) is 5.79 Å². The molecule has 4 saturated carbocycles. The Hall–Kier alpha value is -0.790. The normalized spacial score (nSPS) is 64.0. The molecule has 0 radical (unpaired) electrons. The highest BCUT2D eigenvalue weighted by Crippen LogP contribution is 2.81. The van der Waals surface area contributed by atoms with Gasteiger partial charge in [0.05, 0.1) is 12.2 Å². The fraction of sp³-hybridized carbons (Fsp3) is 0.850. The molecular formula is C20H26O6. The molecule has 0 aromatic heterocycles. The van der Waals surface area contributed by atoms with Gasteiger partial charge in [-0.2, -0.15) is 0 Å². The topological polar surface area (TPSA) is 96.2 Å². The Labute approximate surface area is 152 Å². The number of ketones is 1. The molecule has 3 N–H and O–H groups in total. The summed E-state index contributed by atoms with van der Waals surface area (Å²) in [4.78, 5) is 13.5. The minimum atomic E-state index is -2.03. The molecule has 4 aliphatic carbocycles. The maximum Gasteiger partial charge on any atom is 0.211 e.